The Morgan fingerprint density at radius 1 is 1.21 bits per heavy atom. The van der Waals surface area contributed by atoms with Crippen molar-refractivity contribution in [3.8, 4) is 0 Å². The van der Waals surface area contributed by atoms with E-state index in [0.717, 1.165) is 5.57 Å². The zero-order valence-electron chi connectivity index (χ0n) is 10.1. The molecule has 0 aromatic rings. The third-order valence-electron chi connectivity index (χ3n) is 1.18. The van der Waals surface area contributed by atoms with Crippen LogP contribution in [-0.2, 0) is 14.5 Å². The van der Waals surface area contributed by atoms with E-state index in [0.29, 0.717) is 0 Å². The molecular formula is C11H22O3. The number of hydrogen-bond acceptors (Lipinski definition) is 3. The van der Waals surface area contributed by atoms with Crippen molar-refractivity contribution in [2.24, 2.45) is 0 Å². The fourth-order valence-electron chi connectivity index (χ4n) is 0.656. The molecule has 14 heavy (non-hydrogen) atoms. The molecule has 0 rings (SSSR count). The second-order valence-corrected chi connectivity index (χ2v) is 4.66. The zero-order chi connectivity index (χ0) is 11.4. The summed E-state index contributed by atoms with van der Waals surface area (Å²) >= 11 is 0. The minimum absolute atomic E-state index is 0.0836. The van der Waals surface area contributed by atoms with Gasteiger partial charge in [0.25, 0.3) is 0 Å². The van der Waals surface area contributed by atoms with Gasteiger partial charge in [0, 0.05) is 0 Å². The van der Waals surface area contributed by atoms with Gasteiger partial charge >= 0.3 is 0 Å². The minimum atomic E-state index is -0.491. The van der Waals surface area contributed by atoms with Gasteiger partial charge in [0.2, 0.25) is 6.29 Å². The van der Waals surface area contributed by atoms with Crippen molar-refractivity contribution in [1.82, 2.24) is 0 Å². The lowest BCUT2D eigenvalue weighted by Gasteiger charge is -2.24. The highest BCUT2D eigenvalue weighted by molar-refractivity contribution is 4.92. The monoisotopic (exact) mass is 202 g/mol. The second kappa shape index (κ2) is 5.49. The number of ether oxygens (including phenoxy) is 1. The predicted molar refractivity (Wildman–Crippen MR) is 56.7 cm³/mol. The standard InChI is InChI=1S/C11H22O3/c1-8(2)10(12-9(3)4)13-14-11(5,6)7/h9-10H,1H2,2-7H3. The van der Waals surface area contributed by atoms with Crippen molar-refractivity contribution in [3.05, 3.63) is 12.2 Å². The van der Waals surface area contributed by atoms with Gasteiger partial charge in [-0.1, -0.05) is 6.58 Å². The lowest BCUT2D eigenvalue weighted by Crippen LogP contribution is -2.28. The van der Waals surface area contributed by atoms with Crippen LogP contribution in [0.15, 0.2) is 12.2 Å². The molecule has 3 heteroatoms. The van der Waals surface area contributed by atoms with Crippen molar-refractivity contribution in [1.29, 1.82) is 0 Å². The van der Waals surface area contributed by atoms with Crippen LogP contribution < -0.4 is 0 Å². The molecule has 0 aromatic carbocycles. The van der Waals surface area contributed by atoms with Crippen LogP contribution in [0.25, 0.3) is 0 Å². The van der Waals surface area contributed by atoms with Crippen molar-refractivity contribution < 1.29 is 14.5 Å². The molecule has 0 N–H and O–H groups in total. The smallest absolute Gasteiger partial charge is 0.213 e. The number of hydrogen-bond donors (Lipinski definition) is 0. The molecule has 0 aliphatic heterocycles. The fourth-order valence-corrected chi connectivity index (χ4v) is 0.656. The number of rotatable bonds is 5. The molecule has 0 saturated carbocycles. The molecule has 0 aliphatic rings. The molecule has 0 heterocycles. The van der Waals surface area contributed by atoms with E-state index in [1.54, 1.807) is 0 Å². The van der Waals surface area contributed by atoms with Gasteiger partial charge in [-0.3, -0.25) is 0 Å². The van der Waals surface area contributed by atoms with Gasteiger partial charge in [0.05, 0.1) is 11.7 Å². The lowest BCUT2D eigenvalue weighted by atomic mass is 10.2. The van der Waals surface area contributed by atoms with E-state index < -0.39 is 6.29 Å². The van der Waals surface area contributed by atoms with Crippen molar-refractivity contribution in [3.63, 3.8) is 0 Å². The Hall–Kier alpha value is -0.380. The predicted octanol–water partition coefficient (Wildman–Crippen LogP) is 3.06. The lowest BCUT2D eigenvalue weighted by molar-refractivity contribution is -0.410. The van der Waals surface area contributed by atoms with Crippen LogP contribution in [0.3, 0.4) is 0 Å². The molecule has 0 bridgehead atoms. The molecule has 3 nitrogen and oxygen atoms in total. The Kier molecular flexibility index (Phi) is 5.34. The SMILES string of the molecule is C=C(C)C(OOC(C)(C)C)OC(C)C. The third kappa shape index (κ3) is 7.06. The first-order valence-electron chi connectivity index (χ1n) is 4.87. The summed E-state index contributed by atoms with van der Waals surface area (Å²) in [4.78, 5) is 10.3. The van der Waals surface area contributed by atoms with E-state index in [4.69, 9.17) is 14.5 Å². The molecule has 0 fully saturated rings. The largest absolute Gasteiger partial charge is 0.344 e. The summed E-state index contributed by atoms with van der Waals surface area (Å²) in [5, 5.41) is 0. The molecule has 84 valence electrons. The quantitative estimate of drug-likeness (QED) is 0.297. The van der Waals surface area contributed by atoms with Crippen LogP contribution >= 0.6 is 0 Å². The Labute approximate surface area is 87.0 Å². The van der Waals surface area contributed by atoms with E-state index in [1.165, 1.54) is 0 Å². The molecule has 0 amide bonds. The molecule has 0 aliphatic carbocycles. The van der Waals surface area contributed by atoms with Crippen molar-refractivity contribution in [2.75, 3.05) is 0 Å². The normalized spacial score (nSPS) is 14.5. The van der Waals surface area contributed by atoms with Crippen molar-refractivity contribution in [2.45, 2.75) is 59.5 Å². The summed E-state index contributed by atoms with van der Waals surface area (Å²) in [5.41, 5.74) is 0.455. The third-order valence-corrected chi connectivity index (χ3v) is 1.18. The average molecular weight is 202 g/mol. The van der Waals surface area contributed by atoms with Gasteiger partial charge in [0.1, 0.15) is 0 Å². The molecule has 0 aromatic heterocycles. The Morgan fingerprint density at radius 3 is 2.00 bits per heavy atom. The van der Waals surface area contributed by atoms with E-state index in [1.807, 2.05) is 41.5 Å². The van der Waals surface area contributed by atoms with Gasteiger partial charge in [-0.2, -0.15) is 4.89 Å². The highest BCUT2D eigenvalue weighted by Crippen LogP contribution is 2.14. The van der Waals surface area contributed by atoms with Gasteiger partial charge in [-0.25, -0.2) is 4.89 Å². The van der Waals surface area contributed by atoms with Crippen LogP contribution in [0, 0.1) is 0 Å². The van der Waals surface area contributed by atoms with E-state index in [2.05, 4.69) is 6.58 Å². The summed E-state index contributed by atoms with van der Waals surface area (Å²) in [6.07, 6.45) is -0.408. The molecule has 0 saturated heterocycles. The fraction of sp³-hybridized carbons (Fsp3) is 0.818. The highest BCUT2D eigenvalue weighted by Gasteiger charge is 2.18. The first kappa shape index (κ1) is 13.6. The van der Waals surface area contributed by atoms with Crippen LogP contribution in [-0.4, -0.2) is 18.0 Å². The van der Waals surface area contributed by atoms with Gasteiger partial charge < -0.3 is 4.74 Å². The summed E-state index contributed by atoms with van der Waals surface area (Å²) < 4.78 is 5.46. The Balaban J connectivity index is 4.05. The highest BCUT2D eigenvalue weighted by atomic mass is 17.2. The van der Waals surface area contributed by atoms with Crippen molar-refractivity contribution >= 4 is 0 Å². The first-order valence-corrected chi connectivity index (χ1v) is 4.87. The van der Waals surface area contributed by atoms with E-state index >= 15 is 0 Å². The van der Waals surface area contributed by atoms with Gasteiger partial charge in [-0.05, 0) is 47.1 Å². The van der Waals surface area contributed by atoms with Gasteiger partial charge in [0.15, 0.2) is 0 Å². The topological polar surface area (TPSA) is 27.7 Å². The molecule has 0 spiro atoms. The van der Waals surface area contributed by atoms with Gasteiger partial charge in [-0.15, -0.1) is 0 Å². The second-order valence-electron chi connectivity index (χ2n) is 4.66. The van der Waals surface area contributed by atoms with Crippen LogP contribution in [0.1, 0.15) is 41.5 Å². The Bertz CT molecular complexity index is 179. The molecular weight excluding hydrogens is 180 g/mol. The van der Waals surface area contributed by atoms with Crippen LogP contribution in [0.2, 0.25) is 0 Å². The summed E-state index contributed by atoms with van der Waals surface area (Å²) in [5.74, 6) is 0. The Morgan fingerprint density at radius 2 is 1.71 bits per heavy atom. The maximum Gasteiger partial charge on any atom is 0.213 e. The molecule has 1 atom stereocenters. The minimum Gasteiger partial charge on any atom is -0.344 e. The summed E-state index contributed by atoms with van der Waals surface area (Å²) in [7, 11) is 0. The summed E-state index contributed by atoms with van der Waals surface area (Å²) in [6.45, 7) is 15.3. The summed E-state index contributed by atoms with van der Waals surface area (Å²) in [6, 6.07) is 0. The van der Waals surface area contributed by atoms with E-state index in [9.17, 15) is 0 Å². The molecule has 1 unspecified atom stereocenters. The van der Waals surface area contributed by atoms with Crippen LogP contribution in [0.4, 0.5) is 0 Å². The van der Waals surface area contributed by atoms with E-state index in [-0.39, 0.29) is 11.7 Å². The molecule has 0 radical (unpaired) electrons. The zero-order valence-corrected chi connectivity index (χ0v) is 10.1. The average Bonchev–Trinajstić information content (AvgIpc) is 1.94. The van der Waals surface area contributed by atoms with Crippen LogP contribution in [0.5, 0.6) is 0 Å². The maximum atomic E-state index is 5.46. The maximum absolute atomic E-state index is 5.46. The first-order chi connectivity index (χ1) is 6.22.